The Kier molecular flexibility index (Phi) is 4.26. The average Bonchev–Trinajstić information content (AvgIpc) is 2.09. The maximum atomic E-state index is 10.6. The summed E-state index contributed by atoms with van der Waals surface area (Å²) in [4.78, 5) is 7.57. The minimum Gasteiger partial charge on any atom is -0.368 e. The molecule has 0 aliphatic heterocycles. The Labute approximate surface area is 100 Å². The number of rotatable bonds is 4. The first kappa shape index (κ1) is 12.6. The molecular weight excluding hydrogens is 308 g/mol. The highest BCUT2D eigenvalue weighted by molar-refractivity contribution is 9.10. The minimum atomic E-state index is -3.47. The van der Waals surface area contributed by atoms with Crippen molar-refractivity contribution in [3.63, 3.8) is 0 Å². The zero-order chi connectivity index (χ0) is 11.5. The van der Waals surface area contributed by atoms with Crippen LogP contribution in [-0.2, 0) is 10.0 Å². The third kappa shape index (κ3) is 4.74. The van der Waals surface area contributed by atoms with Crippen molar-refractivity contribution in [2.75, 3.05) is 17.6 Å². The first-order valence-corrected chi connectivity index (χ1v) is 6.69. The van der Waals surface area contributed by atoms with E-state index in [1.165, 1.54) is 6.20 Å². The van der Waals surface area contributed by atoms with E-state index in [9.17, 15) is 8.42 Å². The van der Waals surface area contributed by atoms with Crippen molar-refractivity contribution in [2.24, 2.45) is 5.14 Å². The van der Waals surface area contributed by atoms with Gasteiger partial charge in [-0.25, -0.2) is 18.5 Å². The molecule has 84 valence electrons. The molecule has 3 N–H and O–H groups in total. The van der Waals surface area contributed by atoms with Crippen molar-refractivity contribution in [1.82, 2.24) is 9.97 Å². The van der Waals surface area contributed by atoms with Crippen LogP contribution in [0.5, 0.6) is 0 Å². The standard InChI is InChI=1S/C6H8BrClN4O2S/c7-4-3-11-6(8)12-5(4)10-1-2-15(9,13)14/h3H,1-2H2,(H2,9,13,14)(H,10,11,12). The van der Waals surface area contributed by atoms with Gasteiger partial charge < -0.3 is 5.32 Å². The Morgan fingerprint density at radius 3 is 2.87 bits per heavy atom. The monoisotopic (exact) mass is 314 g/mol. The SMILES string of the molecule is NS(=O)(=O)CCNc1nc(Cl)ncc1Br. The van der Waals surface area contributed by atoms with Gasteiger partial charge in [-0.15, -0.1) is 0 Å². The zero-order valence-corrected chi connectivity index (χ0v) is 10.6. The minimum absolute atomic E-state index is 0.0799. The average molecular weight is 316 g/mol. The van der Waals surface area contributed by atoms with Crippen LogP contribution in [0, 0.1) is 0 Å². The highest BCUT2D eigenvalue weighted by Gasteiger charge is 2.05. The zero-order valence-electron chi connectivity index (χ0n) is 7.44. The van der Waals surface area contributed by atoms with Gasteiger partial charge in [-0.2, -0.15) is 4.98 Å². The largest absolute Gasteiger partial charge is 0.368 e. The first-order chi connectivity index (χ1) is 6.88. The van der Waals surface area contributed by atoms with Crippen LogP contribution in [0.4, 0.5) is 5.82 Å². The normalized spacial score (nSPS) is 11.4. The second-order valence-electron chi connectivity index (χ2n) is 2.63. The number of nitrogens with one attached hydrogen (secondary N) is 1. The van der Waals surface area contributed by atoms with E-state index < -0.39 is 10.0 Å². The summed E-state index contributed by atoms with van der Waals surface area (Å²) in [5, 5.41) is 7.68. The topological polar surface area (TPSA) is 98.0 Å². The van der Waals surface area contributed by atoms with Gasteiger partial charge in [0.1, 0.15) is 5.82 Å². The van der Waals surface area contributed by atoms with Crippen LogP contribution in [0.15, 0.2) is 10.7 Å². The summed E-state index contributed by atoms with van der Waals surface area (Å²) in [5.74, 6) is 0.250. The van der Waals surface area contributed by atoms with E-state index in [4.69, 9.17) is 16.7 Å². The van der Waals surface area contributed by atoms with Gasteiger partial charge in [-0.3, -0.25) is 0 Å². The van der Waals surface area contributed by atoms with Crippen LogP contribution in [-0.4, -0.2) is 30.7 Å². The van der Waals surface area contributed by atoms with Crippen LogP contribution in [0.1, 0.15) is 0 Å². The molecular formula is C6H8BrClN4O2S. The fourth-order valence-electron chi connectivity index (χ4n) is 0.781. The van der Waals surface area contributed by atoms with Gasteiger partial charge in [0.25, 0.3) is 0 Å². The summed E-state index contributed by atoms with van der Waals surface area (Å²) < 4.78 is 21.9. The van der Waals surface area contributed by atoms with E-state index in [0.717, 1.165) is 0 Å². The number of sulfonamides is 1. The Morgan fingerprint density at radius 1 is 1.60 bits per heavy atom. The Balaban J connectivity index is 2.61. The van der Waals surface area contributed by atoms with E-state index in [2.05, 4.69) is 31.2 Å². The molecule has 0 amide bonds. The van der Waals surface area contributed by atoms with Crippen molar-refractivity contribution >= 4 is 43.4 Å². The lowest BCUT2D eigenvalue weighted by molar-refractivity contribution is 0.598. The molecule has 0 unspecified atom stereocenters. The van der Waals surface area contributed by atoms with Gasteiger partial charge in [-0.05, 0) is 27.5 Å². The maximum absolute atomic E-state index is 10.6. The Bertz CT molecular complexity index is 452. The summed E-state index contributed by atoms with van der Waals surface area (Å²) in [7, 11) is -3.47. The Morgan fingerprint density at radius 2 is 2.27 bits per heavy atom. The van der Waals surface area contributed by atoms with Gasteiger partial charge in [0.15, 0.2) is 0 Å². The number of aromatic nitrogens is 2. The molecule has 0 fully saturated rings. The maximum Gasteiger partial charge on any atom is 0.224 e. The van der Waals surface area contributed by atoms with Crippen molar-refractivity contribution in [1.29, 1.82) is 0 Å². The summed E-state index contributed by atoms with van der Waals surface area (Å²) >= 11 is 8.74. The third-order valence-electron chi connectivity index (χ3n) is 1.39. The molecule has 0 atom stereocenters. The number of nitrogens with zero attached hydrogens (tertiary/aromatic N) is 2. The molecule has 15 heavy (non-hydrogen) atoms. The number of hydrogen-bond acceptors (Lipinski definition) is 5. The molecule has 0 saturated carbocycles. The van der Waals surface area contributed by atoms with Gasteiger partial charge in [0.2, 0.25) is 15.3 Å². The molecule has 0 radical (unpaired) electrons. The Hall–Kier alpha value is -0.440. The lowest BCUT2D eigenvalue weighted by Crippen LogP contribution is -2.22. The first-order valence-electron chi connectivity index (χ1n) is 3.81. The second kappa shape index (κ2) is 5.06. The molecule has 0 saturated heterocycles. The predicted octanol–water partition coefficient (Wildman–Crippen LogP) is 0.593. The van der Waals surface area contributed by atoms with Crippen LogP contribution in [0.2, 0.25) is 5.28 Å². The lowest BCUT2D eigenvalue weighted by atomic mass is 10.5. The summed E-state index contributed by atoms with van der Waals surface area (Å²) in [6.45, 7) is 0.158. The van der Waals surface area contributed by atoms with Gasteiger partial charge in [0, 0.05) is 12.7 Å². The van der Waals surface area contributed by atoms with Crippen LogP contribution in [0.25, 0.3) is 0 Å². The fourth-order valence-corrected chi connectivity index (χ4v) is 1.63. The molecule has 9 heteroatoms. The molecule has 0 aliphatic carbocycles. The van der Waals surface area contributed by atoms with Gasteiger partial charge in [0.05, 0.1) is 10.2 Å². The predicted molar refractivity (Wildman–Crippen MR) is 61.2 cm³/mol. The number of anilines is 1. The molecule has 0 aliphatic rings. The van der Waals surface area contributed by atoms with Crippen LogP contribution >= 0.6 is 27.5 Å². The quantitative estimate of drug-likeness (QED) is 0.793. The molecule has 1 rings (SSSR count). The van der Waals surface area contributed by atoms with Crippen molar-refractivity contribution in [3.05, 3.63) is 16.0 Å². The molecule has 0 spiro atoms. The van der Waals surface area contributed by atoms with Gasteiger partial charge in [-0.1, -0.05) is 0 Å². The third-order valence-corrected chi connectivity index (χ3v) is 2.93. The van der Waals surface area contributed by atoms with E-state index in [1.54, 1.807) is 0 Å². The van der Waals surface area contributed by atoms with E-state index in [1.807, 2.05) is 0 Å². The molecule has 6 nitrogen and oxygen atoms in total. The summed E-state index contributed by atoms with van der Waals surface area (Å²) in [5.41, 5.74) is 0. The lowest BCUT2D eigenvalue weighted by Gasteiger charge is -2.05. The van der Waals surface area contributed by atoms with Crippen LogP contribution < -0.4 is 10.5 Å². The highest BCUT2D eigenvalue weighted by Crippen LogP contribution is 2.19. The van der Waals surface area contributed by atoms with Gasteiger partial charge >= 0.3 is 0 Å². The summed E-state index contributed by atoms with van der Waals surface area (Å²) in [6, 6.07) is 0. The molecule has 1 heterocycles. The molecule has 0 bridgehead atoms. The van der Waals surface area contributed by atoms with Crippen LogP contribution in [0.3, 0.4) is 0 Å². The fraction of sp³-hybridized carbons (Fsp3) is 0.333. The molecule has 0 aromatic carbocycles. The molecule has 1 aromatic heterocycles. The number of nitrogens with two attached hydrogens (primary N) is 1. The highest BCUT2D eigenvalue weighted by atomic mass is 79.9. The molecule has 1 aromatic rings. The van der Waals surface area contributed by atoms with Crippen molar-refractivity contribution in [2.45, 2.75) is 0 Å². The summed E-state index contributed by atoms with van der Waals surface area (Å²) in [6.07, 6.45) is 1.47. The number of primary sulfonamides is 1. The number of halogens is 2. The smallest absolute Gasteiger partial charge is 0.224 e. The van der Waals surface area contributed by atoms with Crippen molar-refractivity contribution in [3.8, 4) is 0 Å². The van der Waals surface area contributed by atoms with E-state index >= 15 is 0 Å². The second-order valence-corrected chi connectivity index (χ2v) is 5.56. The van der Waals surface area contributed by atoms with Crippen molar-refractivity contribution < 1.29 is 8.42 Å². The van der Waals surface area contributed by atoms with E-state index in [0.29, 0.717) is 10.3 Å². The van der Waals surface area contributed by atoms with E-state index in [-0.39, 0.29) is 17.6 Å². The number of hydrogen-bond donors (Lipinski definition) is 2.